The normalized spacial score (nSPS) is 13.9. The van der Waals surface area contributed by atoms with Crippen molar-refractivity contribution in [2.45, 2.75) is 25.2 Å². The molecule has 1 saturated carbocycles. The van der Waals surface area contributed by atoms with Crippen LogP contribution in [-0.4, -0.2) is 51.2 Å². The fraction of sp³-hybridized carbons (Fsp3) is 0.391. The van der Waals surface area contributed by atoms with Gasteiger partial charge >= 0.3 is 0 Å². The van der Waals surface area contributed by atoms with Crippen molar-refractivity contribution in [2.75, 3.05) is 36.2 Å². The highest BCUT2D eigenvalue weighted by Crippen LogP contribution is 2.46. The van der Waals surface area contributed by atoms with E-state index in [4.69, 9.17) is 21.0 Å². The molecule has 1 aromatic carbocycles. The maximum Gasteiger partial charge on any atom is 0.255 e. The van der Waals surface area contributed by atoms with Crippen LogP contribution in [0, 0.1) is 0 Å². The standard InChI is InChI=1S/C23H26ClN3O4S2/c1-25-22(28)19-18-13-17(14-5-6-14)21(27(33(3,29)30)11-4-12-32-2)26-23(18)31-20(19)15-7-9-16(24)10-8-15/h7-10,13-14H,4-6,11-12H2,1-3H3,(H,25,28). The topological polar surface area (TPSA) is 92.5 Å². The second-order valence-electron chi connectivity index (χ2n) is 8.10. The van der Waals surface area contributed by atoms with Crippen molar-refractivity contribution in [1.82, 2.24) is 10.3 Å². The molecular formula is C23H26ClN3O4S2. The number of nitrogens with one attached hydrogen (secondary N) is 1. The molecule has 3 aromatic rings. The van der Waals surface area contributed by atoms with Gasteiger partial charge in [0, 0.05) is 24.2 Å². The number of thioether (sulfide) groups is 1. The Kier molecular flexibility index (Phi) is 6.93. The van der Waals surface area contributed by atoms with E-state index < -0.39 is 10.0 Å². The third-order valence-electron chi connectivity index (χ3n) is 5.61. The monoisotopic (exact) mass is 507 g/mol. The van der Waals surface area contributed by atoms with Crippen molar-refractivity contribution >= 4 is 56.2 Å². The molecule has 1 aliphatic carbocycles. The van der Waals surface area contributed by atoms with Crippen LogP contribution in [-0.2, 0) is 10.0 Å². The summed E-state index contributed by atoms with van der Waals surface area (Å²) in [4.78, 5) is 17.6. The Labute approximate surface area is 202 Å². The van der Waals surface area contributed by atoms with Crippen LogP contribution < -0.4 is 9.62 Å². The van der Waals surface area contributed by atoms with Gasteiger partial charge in [-0.2, -0.15) is 16.7 Å². The predicted molar refractivity (Wildman–Crippen MR) is 135 cm³/mol. The summed E-state index contributed by atoms with van der Waals surface area (Å²) >= 11 is 7.70. The van der Waals surface area contributed by atoms with Gasteiger partial charge in [-0.3, -0.25) is 9.10 Å². The van der Waals surface area contributed by atoms with Crippen LogP contribution in [0.2, 0.25) is 5.02 Å². The first-order chi connectivity index (χ1) is 15.7. The highest BCUT2D eigenvalue weighted by atomic mass is 35.5. The highest BCUT2D eigenvalue weighted by Gasteiger charge is 2.34. The van der Waals surface area contributed by atoms with E-state index in [1.165, 1.54) is 10.6 Å². The van der Waals surface area contributed by atoms with E-state index in [0.29, 0.717) is 46.1 Å². The number of carbonyl (C=O) groups is 1. The minimum absolute atomic E-state index is 0.216. The average Bonchev–Trinajstić information content (AvgIpc) is 3.55. The Morgan fingerprint density at radius 3 is 2.58 bits per heavy atom. The number of benzene rings is 1. The SMILES string of the molecule is CNC(=O)c1c(-c2ccc(Cl)cc2)oc2nc(N(CCCSC)S(C)(=O)=O)c(C3CC3)cc12. The fourth-order valence-electron chi connectivity index (χ4n) is 3.86. The van der Waals surface area contributed by atoms with Gasteiger partial charge < -0.3 is 9.73 Å². The third kappa shape index (κ3) is 5.00. The number of hydrogen-bond donors (Lipinski definition) is 1. The summed E-state index contributed by atoms with van der Waals surface area (Å²) in [5.74, 6) is 1.53. The molecule has 0 unspecified atom stereocenters. The van der Waals surface area contributed by atoms with E-state index in [1.807, 2.05) is 12.3 Å². The number of pyridine rings is 1. The number of carbonyl (C=O) groups excluding carboxylic acids is 1. The van der Waals surface area contributed by atoms with Crippen molar-refractivity contribution in [3.8, 4) is 11.3 Å². The van der Waals surface area contributed by atoms with E-state index in [1.54, 1.807) is 43.1 Å². The zero-order valence-corrected chi connectivity index (χ0v) is 21.1. The first-order valence-electron chi connectivity index (χ1n) is 10.7. The van der Waals surface area contributed by atoms with Crippen LogP contribution in [0.5, 0.6) is 0 Å². The zero-order valence-electron chi connectivity index (χ0n) is 18.7. The Morgan fingerprint density at radius 2 is 2.00 bits per heavy atom. The minimum Gasteiger partial charge on any atom is -0.437 e. The summed E-state index contributed by atoms with van der Waals surface area (Å²) in [7, 11) is -1.99. The number of fused-ring (bicyclic) bond motifs is 1. The Morgan fingerprint density at radius 1 is 1.30 bits per heavy atom. The van der Waals surface area contributed by atoms with Gasteiger partial charge in [-0.25, -0.2) is 8.42 Å². The quantitative estimate of drug-likeness (QED) is 0.414. The molecule has 7 nitrogen and oxygen atoms in total. The number of furan rings is 1. The molecule has 0 aliphatic heterocycles. The molecule has 1 fully saturated rings. The summed E-state index contributed by atoms with van der Waals surface area (Å²) in [5.41, 5.74) is 2.14. The number of halogens is 1. The lowest BCUT2D eigenvalue weighted by atomic mass is 10.0. The summed E-state index contributed by atoms with van der Waals surface area (Å²) in [6, 6.07) is 8.89. The number of hydrogen-bond acceptors (Lipinski definition) is 6. The van der Waals surface area contributed by atoms with Crippen molar-refractivity contribution in [2.24, 2.45) is 0 Å². The van der Waals surface area contributed by atoms with Gasteiger partial charge in [-0.15, -0.1) is 0 Å². The molecule has 1 N–H and O–H groups in total. The molecule has 1 aliphatic rings. The molecule has 2 heterocycles. The number of amides is 1. The van der Waals surface area contributed by atoms with Gasteiger partial charge in [-0.05, 0) is 73.1 Å². The number of aromatic nitrogens is 1. The summed E-state index contributed by atoms with van der Waals surface area (Å²) < 4.78 is 32.9. The molecular weight excluding hydrogens is 482 g/mol. The van der Waals surface area contributed by atoms with Crippen molar-refractivity contribution in [1.29, 1.82) is 0 Å². The average molecular weight is 508 g/mol. The Hall–Kier alpha value is -2.23. The van der Waals surface area contributed by atoms with Gasteiger partial charge in [-0.1, -0.05) is 11.6 Å². The van der Waals surface area contributed by atoms with Crippen molar-refractivity contribution < 1.29 is 17.6 Å². The lowest BCUT2D eigenvalue weighted by Gasteiger charge is -2.23. The number of anilines is 1. The maximum atomic E-state index is 12.9. The van der Waals surface area contributed by atoms with Crippen LogP contribution in [0.1, 0.15) is 41.1 Å². The van der Waals surface area contributed by atoms with Gasteiger partial charge in [0.15, 0.2) is 0 Å². The maximum absolute atomic E-state index is 12.9. The first-order valence-corrected chi connectivity index (χ1v) is 14.3. The molecule has 10 heteroatoms. The van der Waals surface area contributed by atoms with Crippen LogP contribution in [0.15, 0.2) is 34.7 Å². The molecule has 0 bridgehead atoms. The summed E-state index contributed by atoms with van der Waals surface area (Å²) in [6.07, 6.45) is 5.81. The molecule has 4 rings (SSSR count). The third-order valence-corrected chi connectivity index (χ3v) is 7.72. The molecule has 2 aromatic heterocycles. The summed E-state index contributed by atoms with van der Waals surface area (Å²) in [5, 5.41) is 3.82. The van der Waals surface area contributed by atoms with Gasteiger partial charge in [0.25, 0.3) is 5.91 Å². The summed E-state index contributed by atoms with van der Waals surface area (Å²) in [6.45, 7) is 0.338. The molecule has 0 atom stereocenters. The first kappa shape index (κ1) is 23.9. The van der Waals surface area contributed by atoms with E-state index in [2.05, 4.69) is 5.32 Å². The largest absolute Gasteiger partial charge is 0.437 e. The number of nitrogens with zero attached hydrogens (tertiary/aromatic N) is 2. The van der Waals surface area contributed by atoms with Gasteiger partial charge in [0.1, 0.15) is 11.6 Å². The lowest BCUT2D eigenvalue weighted by molar-refractivity contribution is 0.0964. The molecule has 1 amide bonds. The van der Waals surface area contributed by atoms with E-state index >= 15 is 0 Å². The Bertz CT molecular complexity index is 1290. The van der Waals surface area contributed by atoms with Gasteiger partial charge in [0.2, 0.25) is 15.7 Å². The van der Waals surface area contributed by atoms with Gasteiger partial charge in [0.05, 0.1) is 17.2 Å². The van der Waals surface area contributed by atoms with Crippen molar-refractivity contribution in [3.05, 3.63) is 46.5 Å². The molecule has 0 radical (unpaired) electrons. The second-order valence-corrected chi connectivity index (χ2v) is 11.4. The Balaban J connectivity index is 1.93. The van der Waals surface area contributed by atoms with Crippen LogP contribution in [0.3, 0.4) is 0 Å². The molecule has 176 valence electrons. The molecule has 0 spiro atoms. The smallest absolute Gasteiger partial charge is 0.255 e. The van der Waals surface area contributed by atoms with Crippen LogP contribution >= 0.6 is 23.4 Å². The highest BCUT2D eigenvalue weighted by molar-refractivity contribution is 7.98. The van der Waals surface area contributed by atoms with Crippen LogP contribution in [0.25, 0.3) is 22.4 Å². The zero-order chi connectivity index (χ0) is 23.8. The number of sulfonamides is 1. The number of rotatable bonds is 9. The predicted octanol–water partition coefficient (Wildman–Crippen LogP) is 4.90. The van der Waals surface area contributed by atoms with E-state index in [0.717, 1.165) is 24.2 Å². The van der Waals surface area contributed by atoms with Crippen molar-refractivity contribution in [3.63, 3.8) is 0 Å². The van der Waals surface area contributed by atoms with E-state index in [-0.39, 0.29) is 17.5 Å². The molecule has 33 heavy (non-hydrogen) atoms. The fourth-order valence-corrected chi connectivity index (χ4v) is 5.33. The van der Waals surface area contributed by atoms with Crippen LogP contribution in [0.4, 0.5) is 5.82 Å². The van der Waals surface area contributed by atoms with E-state index in [9.17, 15) is 13.2 Å². The lowest BCUT2D eigenvalue weighted by Crippen LogP contribution is -2.32. The molecule has 0 saturated heterocycles. The minimum atomic E-state index is -3.55. The second kappa shape index (κ2) is 9.56.